The fraction of sp³-hybridized carbons (Fsp3) is 0.235. The summed E-state index contributed by atoms with van der Waals surface area (Å²) in [6.07, 6.45) is 2.28. The Morgan fingerprint density at radius 3 is 2.72 bits per heavy atom. The molecule has 25 heavy (non-hydrogen) atoms. The van der Waals surface area contributed by atoms with Crippen molar-refractivity contribution in [2.24, 2.45) is 0 Å². The average Bonchev–Trinajstić information content (AvgIpc) is 3.00. The number of nitrogens with one attached hydrogen (secondary N) is 1. The Hall–Kier alpha value is -3.29. The highest BCUT2D eigenvalue weighted by Crippen LogP contribution is 2.28. The van der Waals surface area contributed by atoms with Gasteiger partial charge >= 0.3 is 5.82 Å². The molecule has 1 aromatic carbocycles. The molecule has 0 spiro atoms. The van der Waals surface area contributed by atoms with Crippen molar-refractivity contribution in [2.45, 2.75) is 6.42 Å². The molecule has 0 fully saturated rings. The van der Waals surface area contributed by atoms with E-state index in [-0.39, 0.29) is 11.6 Å². The van der Waals surface area contributed by atoms with Gasteiger partial charge in [-0.3, -0.25) is 0 Å². The SMILES string of the molecule is COc1ccc(CCNc2nc3ccccn3c2[N+](=O)[O-])cc1OC. The van der Waals surface area contributed by atoms with E-state index < -0.39 is 4.92 Å². The summed E-state index contributed by atoms with van der Waals surface area (Å²) in [5.41, 5.74) is 1.55. The van der Waals surface area contributed by atoms with E-state index in [4.69, 9.17) is 9.47 Å². The molecule has 3 rings (SSSR count). The second-order valence-corrected chi connectivity index (χ2v) is 5.34. The lowest BCUT2D eigenvalue weighted by molar-refractivity contribution is -0.389. The van der Waals surface area contributed by atoms with Crippen molar-refractivity contribution in [1.82, 2.24) is 9.38 Å². The van der Waals surface area contributed by atoms with Crippen LogP contribution in [-0.2, 0) is 6.42 Å². The van der Waals surface area contributed by atoms with Crippen molar-refractivity contribution in [3.8, 4) is 11.5 Å². The van der Waals surface area contributed by atoms with Crippen molar-refractivity contribution in [2.75, 3.05) is 26.1 Å². The van der Waals surface area contributed by atoms with Crippen LogP contribution in [0.2, 0.25) is 0 Å². The third-order valence-electron chi connectivity index (χ3n) is 3.83. The van der Waals surface area contributed by atoms with Crippen LogP contribution in [-0.4, -0.2) is 35.1 Å². The number of nitrogens with zero attached hydrogens (tertiary/aromatic N) is 3. The molecule has 130 valence electrons. The molecule has 1 N–H and O–H groups in total. The van der Waals surface area contributed by atoms with Crippen molar-refractivity contribution in [1.29, 1.82) is 0 Å². The molecule has 8 heteroatoms. The maximum Gasteiger partial charge on any atom is 0.372 e. The first-order chi connectivity index (χ1) is 12.1. The number of benzene rings is 1. The van der Waals surface area contributed by atoms with Crippen molar-refractivity contribution < 1.29 is 14.4 Å². The first-order valence-corrected chi connectivity index (χ1v) is 7.70. The number of anilines is 1. The van der Waals surface area contributed by atoms with Crippen LogP contribution in [0.4, 0.5) is 11.6 Å². The van der Waals surface area contributed by atoms with Crippen LogP contribution in [0.15, 0.2) is 42.6 Å². The standard InChI is InChI=1S/C17H18N4O4/c1-24-13-7-6-12(11-14(13)25-2)8-9-18-16-17(21(22)23)20-10-4-3-5-15(20)19-16/h3-7,10-11,18H,8-9H2,1-2H3. The minimum atomic E-state index is -0.432. The number of methoxy groups -OCH3 is 2. The zero-order valence-electron chi connectivity index (χ0n) is 13.9. The summed E-state index contributed by atoms with van der Waals surface area (Å²) in [6.45, 7) is 0.500. The summed E-state index contributed by atoms with van der Waals surface area (Å²) in [5, 5.41) is 14.4. The zero-order chi connectivity index (χ0) is 17.8. The van der Waals surface area contributed by atoms with Gasteiger partial charge in [-0.05, 0) is 35.1 Å². The van der Waals surface area contributed by atoms with E-state index in [1.807, 2.05) is 18.2 Å². The lowest BCUT2D eigenvalue weighted by atomic mass is 10.1. The molecule has 0 atom stereocenters. The Morgan fingerprint density at radius 1 is 1.20 bits per heavy atom. The van der Waals surface area contributed by atoms with Crippen LogP contribution in [0.5, 0.6) is 11.5 Å². The minimum Gasteiger partial charge on any atom is -0.493 e. The van der Waals surface area contributed by atoms with E-state index in [9.17, 15) is 10.1 Å². The fourth-order valence-corrected chi connectivity index (χ4v) is 2.64. The van der Waals surface area contributed by atoms with Gasteiger partial charge in [0.1, 0.15) is 0 Å². The van der Waals surface area contributed by atoms with Gasteiger partial charge < -0.3 is 24.9 Å². The van der Waals surface area contributed by atoms with Crippen LogP contribution in [0, 0.1) is 10.1 Å². The Labute approximate surface area is 144 Å². The van der Waals surface area contributed by atoms with Crippen LogP contribution in [0.25, 0.3) is 5.65 Å². The van der Waals surface area contributed by atoms with Gasteiger partial charge in [-0.1, -0.05) is 12.1 Å². The highest BCUT2D eigenvalue weighted by atomic mass is 16.6. The number of ether oxygens (including phenoxy) is 2. The number of fused-ring (bicyclic) bond motifs is 1. The molecule has 2 heterocycles. The van der Waals surface area contributed by atoms with Gasteiger partial charge in [-0.2, -0.15) is 9.38 Å². The molecule has 3 aromatic rings. The first-order valence-electron chi connectivity index (χ1n) is 7.70. The lowest BCUT2D eigenvalue weighted by Gasteiger charge is -2.09. The van der Waals surface area contributed by atoms with Crippen LogP contribution >= 0.6 is 0 Å². The summed E-state index contributed by atoms with van der Waals surface area (Å²) >= 11 is 0. The Balaban J connectivity index is 1.75. The van der Waals surface area contributed by atoms with Crippen LogP contribution in [0.1, 0.15) is 5.56 Å². The molecule has 8 nitrogen and oxygen atoms in total. The monoisotopic (exact) mass is 342 g/mol. The Kier molecular flexibility index (Phi) is 4.69. The average molecular weight is 342 g/mol. The highest BCUT2D eigenvalue weighted by Gasteiger charge is 2.21. The van der Waals surface area contributed by atoms with Gasteiger partial charge in [0.15, 0.2) is 11.5 Å². The smallest absolute Gasteiger partial charge is 0.372 e. The summed E-state index contributed by atoms with van der Waals surface area (Å²) in [5.74, 6) is 1.51. The highest BCUT2D eigenvalue weighted by molar-refractivity contribution is 5.62. The lowest BCUT2D eigenvalue weighted by Crippen LogP contribution is -2.07. The van der Waals surface area contributed by atoms with Gasteiger partial charge in [0, 0.05) is 12.6 Å². The van der Waals surface area contributed by atoms with Gasteiger partial charge in [0.2, 0.25) is 11.5 Å². The topological polar surface area (TPSA) is 90.9 Å². The number of aromatic nitrogens is 2. The van der Waals surface area contributed by atoms with Gasteiger partial charge in [-0.15, -0.1) is 0 Å². The number of pyridine rings is 1. The van der Waals surface area contributed by atoms with E-state index in [1.54, 1.807) is 38.6 Å². The van der Waals surface area contributed by atoms with E-state index in [0.717, 1.165) is 5.56 Å². The summed E-state index contributed by atoms with van der Waals surface area (Å²) < 4.78 is 12.0. The van der Waals surface area contributed by atoms with Gasteiger partial charge in [-0.25, -0.2) is 0 Å². The second-order valence-electron chi connectivity index (χ2n) is 5.34. The molecule has 0 aliphatic rings. The first kappa shape index (κ1) is 16.6. The van der Waals surface area contributed by atoms with Crippen molar-refractivity contribution >= 4 is 17.3 Å². The van der Waals surface area contributed by atoms with E-state index in [1.165, 1.54) is 4.40 Å². The predicted octanol–water partition coefficient (Wildman–Crippen LogP) is 2.91. The molecule has 0 saturated carbocycles. The van der Waals surface area contributed by atoms with Crippen molar-refractivity contribution in [3.63, 3.8) is 0 Å². The summed E-state index contributed by atoms with van der Waals surface area (Å²) in [6, 6.07) is 10.9. The Bertz CT molecular complexity index is 907. The van der Waals surface area contributed by atoms with Gasteiger partial charge in [0.25, 0.3) is 0 Å². The molecule has 0 saturated heterocycles. The minimum absolute atomic E-state index is 0.0667. The summed E-state index contributed by atoms with van der Waals surface area (Å²) in [4.78, 5) is 15.2. The molecule has 0 amide bonds. The largest absolute Gasteiger partial charge is 0.493 e. The van der Waals surface area contributed by atoms with Crippen LogP contribution < -0.4 is 14.8 Å². The number of hydrogen-bond donors (Lipinski definition) is 1. The quantitative estimate of drug-likeness (QED) is 0.524. The predicted molar refractivity (Wildman–Crippen MR) is 93.6 cm³/mol. The third-order valence-corrected chi connectivity index (χ3v) is 3.83. The number of hydrogen-bond acceptors (Lipinski definition) is 6. The summed E-state index contributed by atoms with van der Waals surface area (Å²) in [7, 11) is 3.17. The Morgan fingerprint density at radius 2 is 2.00 bits per heavy atom. The molecular weight excluding hydrogens is 324 g/mol. The number of nitro groups is 1. The van der Waals surface area contributed by atoms with E-state index >= 15 is 0 Å². The maximum absolute atomic E-state index is 11.4. The third kappa shape index (κ3) is 3.32. The normalized spacial score (nSPS) is 10.6. The number of rotatable bonds is 7. The molecule has 0 aliphatic heterocycles. The molecule has 0 aliphatic carbocycles. The molecule has 0 unspecified atom stereocenters. The number of imidazole rings is 1. The van der Waals surface area contributed by atoms with Crippen LogP contribution in [0.3, 0.4) is 0 Å². The molecule has 2 aromatic heterocycles. The zero-order valence-corrected chi connectivity index (χ0v) is 13.9. The maximum atomic E-state index is 11.4. The van der Waals surface area contributed by atoms with Gasteiger partial charge in [0.05, 0.1) is 20.4 Å². The second kappa shape index (κ2) is 7.08. The van der Waals surface area contributed by atoms with E-state index in [0.29, 0.717) is 30.1 Å². The molecule has 0 bridgehead atoms. The molecular formula is C17H18N4O4. The fourth-order valence-electron chi connectivity index (χ4n) is 2.64. The molecule has 0 radical (unpaired) electrons. The van der Waals surface area contributed by atoms with Crippen molar-refractivity contribution in [3.05, 3.63) is 58.3 Å². The van der Waals surface area contributed by atoms with E-state index in [2.05, 4.69) is 10.3 Å².